The summed E-state index contributed by atoms with van der Waals surface area (Å²) in [6, 6.07) is 34.2. The van der Waals surface area contributed by atoms with Gasteiger partial charge < -0.3 is 9.30 Å². The van der Waals surface area contributed by atoms with Gasteiger partial charge in [-0.25, -0.2) is 0 Å². The molecule has 3 atom stereocenters. The van der Waals surface area contributed by atoms with Crippen LogP contribution in [-0.2, 0) is 14.1 Å². The summed E-state index contributed by atoms with van der Waals surface area (Å²) >= 11 is 0. The Balaban J connectivity index is 1.56. The minimum Gasteiger partial charge on any atom is -0.469 e. The van der Waals surface area contributed by atoms with Crippen LogP contribution in [0.25, 0.3) is 0 Å². The highest BCUT2D eigenvalue weighted by molar-refractivity contribution is 7.85. The first-order chi connectivity index (χ1) is 16.6. The third kappa shape index (κ3) is 3.04. The van der Waals surface area contributed by atoms with Crippen molar-refractivity contribution in [2.24, 2.45) is 5.92 Å². The molecule has 4 aromatic carbocycles. The van der Waals surface area contributed by atoms with Crippen LogP contribution in [0.3, 0.4) is 0 Å². The highest BCUT2D eigenvalue weighted by Crippen LogP contribution is 2.56. The van der Waals surface area contributed by atoms with Gasteiger partial charge in [0.25, 0.3) is 0 Å². The van der Waals surface area contributed by atoms with Crippen molar-refractivity contribution in [3.8, 4) is 0 Å². The predicted octanol–water partition coefficient (Wildman–Crippen LogP) is 5.10. The summed E-state index contributed by atoms with van der Waals surface area (Å²) in [6.07, 6.45) is 0.714. The molecule has 4 aromatic rings. The van der Waals surface area contributed by atoms with E-state index >= 15 is 0 Å². The number of rotatable bonds is 4. The molecule has 0 saturated carbocycles. The van der Waals surface area contributed by atoms with Gasteiger partial charge in [0.1, 0.15) is 0 Å². The highest BCUT2D eigenvalue weighted by atomic mass is 31.2. The van der Waals surface area contributed by atoms with E-state index in [0.717, 1.165) is 21.5 Å². The summed E-state index contributed by atoms with van der Waals surface area (Å²) < 4.78 is 20.1. The van der Waals surface area contributed by atoms with Crippen LogP contribution in [-0.4, -0.2) is 13.1 Å². The molecule has 0 saturated heterocycles. The Kier molecular flexibility index (Phi) is 5.04. The summed E-state index contributed by atoms with van der Waals surface area (Å²) in [5.74, 6) is -0.303. The van der Waals surface area contributed by atoms with Gasteiger partial charge in [-0.1, -0.05) is 97.1 Å². The van der Waals surface area contributed by atoms with Gasteiger partial charge in [-0.05, 0) is 34.7 Å². The number of methoxy groups -OCH3 is 1. The average molecular weight is 465 g/mol. The van der Waals surface area contributed by atoms with Gasteiger partial charge in [0, 0.05) is 27.7 Å². The van der Waals surface area contributed by atoms with Crippen molar-refractivity contribution in [2.75, 3.05) is 7.11 Å². The van der Waals surface area contributed by atoms with Gasteiger partial charge in [0.05, 0.1) is 13.0 Å². The number of fused-ring (bicyclic) bond motifs is 1. The molecule has 0 aliphatic heterocycles. The lowest BCUT2D eigenvalue weighted by molar-refractivity contribution is -0.146. The van der Waals surface area contributed by atoms with Crippen LogP contribution in [0.15, 0.2) is 103 Å². The number of benzene rings is 4. The molecule has 0 radical (unpaired) electrons. The second-order valence-corrected chi connectivity index (χ2v) is 11.9. The van der Waals surface area contributed by atoms with Crippen LogP contribution >= 0.6 is 7.14 Å². The normalized spacial score (nSPS) is 20.3. The fourth-order valence-electron chi connectivity index (χ4n) is 5.97. The van der Waals surface area contributed by atoms with E-state index in [1.54, 1.807) is 0 Å². The Morgan fingerprint density at radius 1 is 0.706 bits per heavy atom. The molecule has 0 fully saturated rings. The molecular formula is C30H25O3P. The Hall–Kier alpha value is -3.42. The van der Waals surface area contributed by atoms with Gasteiger partial charge in [0.15, 0.2) is 7.14 Å². The zero-order valence-corrected chi connectivity index (χ0v) is 19.8. The monoisotopic (exact) mass is 464 g/mol. The molecule has 3 aliphatic rings. The van der Waals surface area contributed by atoms with E-state index in [1.807, 2.05) is 72.8 Å². The van der Waals surface area contributed by atoms with Gasteiger partial charge in [-0.3, -0.25) is 4.79 Å². The highest BCUT2D eigenvalue weighted by Gasteiger charge is 2.47. The molecule has 0 amide bonds. The van der Waals surface area contributed by atoms with E-state index < -0.39 is 7.14 Å². The first kappa shape index (κ1) is 21.1. The topological polar surface area (TPSA) is 43.4 Å². The van der Waals surface area contributed by atoms with Crippen LogP contribution in [0.1, 0.15) is 40.5 Å². The van der Waals surface area contributed by atoms with E-state index in [9.17, 15) is 9.36 Å². The van der Waals surface area contributed by atoms with E-state index in [4.69, 9.17) is 4.74 Å². The second-order valence-electron chi connectivity index (χ2n) is 9.12. The summed E-state index contributed by atoms with van der Waals surface area (Å²) in [6.45, 7) is 0. The van der Waals surface area contributed by atoms with Crippen LogP contribution in [0, 0.1) is 5.92 Å². The molecule has 0 heterocycles. The minimum atomic E-state index is -3.06. The van der Waals surface area contributed by atoms with Crippen molar-refractivity contribution in [1.29, 1.82) is 0 Å². The number of carbonyl (C=O) groups excluding carboxylic acids is 1. The van der Waals surface area contributed by atoms with Gasteiger partial charge in [0.2, 0.25) is 0 Å². The van der Waals surface area contributed by atoms with Crippen molar-refractivity contribution < 1.29 is 14.1 Å². The van der Waals surface area contributed by atoms with Crippen molar-refractivity contribution in [3.63, 3.8) is 0 Å². The molecular weight excluding hydrogens is 439 g/mol. The Morgan fingerprint density at radius 3 is 1.88 bits per heavy atom. The smallest absolute Gasteiger partial charge is 0.309 e. The lowest BCUT2D eigenvalue weighted by atomic mass is 9.59. The van der Waals surface area contributed by atoms with E-state index in [1.165, 1.54) is 23.8 Å². The lowest BCUT2D eigenvalue weighted by Gasteiger charge is -2.44. The first-order valence-corrected chi connectivity index (χ1v) is 13.4. The molecule has 0 spiro atoms. The molecule has 34 heavy (non-hydrogen) atoms. The quantitative estimate of drug-likeness (QED) is 0.312. The summed E-state index contributed by atoms with van der Waals surface area (Å²) in [5, 5.41) is 2.49. The van der Waals surface area contributed by atoms with Crippen molar-refractivity contribution in [1.82, 2.24) is 0 Å². The fourth-order valence-corrected chi connectivity index (χ4v) is 8.66. The number of esters is 1. The van der Waals surface area contributed by atoms with Gasteiger partial charge in [-0.15, -0.1) is 0 Å². The Bertz CT molecular complexity index is 1380. The molecule has 3 nitrogen and oxygen atoms in total. The van der Waals surface area contributed by atoms with E-state index in [-0.39, 0.29) is 23.7 Å². The van der Waals surface area contributed by atoms with E-state index in [2.05, 4.69) is 30.3 Å². The minimum absolute atomic E-state index is 0.0365. The summed E-state index contributed by atoms with van der Waals surface area (Å²) in [7, 11) is -1.59. The Morgan fingerprint density at radius 2 is 1.26 bits per heavy atom. The van der Waals surface area contributed by atoms with Gasteiger partial charge >= 0.3 is 5.97 Å². The zero-order chi connectivity index (χ0) is 23.3. The Labute approximate surface area is 199 Å². The summed E-state index contributed by atoms with van der Waals surface area (Å²) in [4.78, 5) is 12.7. The maximum Gasteiger partial charge on any atom is 0.309 e. The van der Waals surface area contributed by atoms with Crippen molar-refractivity contribution >= 4 is 29.0 Å². The predicted molar refractivity (Wildman–Crippen MR) is 136 cm³/mol. The standard InChI is InChI=1S/C30H25O3P/c1-33-30(31)28-19-27-23-14-8-9-15-24(23)29(28)25-17-16-22(18-26(25)27)34(32,20-10-4-2-5-11-20)21-12-6-3-7-13-21/h2-18,27-29H,19H2,1H3/t27?,28-,29?/m0/s1. The SMILES string of the molecule is COC(=O)[C@H]1CC2c3ccccc3C1c1ccc(P(=O)(c3ccccc3)c3ccccc3)cc12. The summed E-state index contributed by atoms with van der Waals surface area (Å²) in [5.41, 5.74) is 4.82. The van der Waals surface area contributed by atoms with Gasteiger partial charge in [-0.2, -0.15) is 0 Å². The third-order valence-electron chi connectivity index (χ3n) is 7.49. The maximum absolute atomic E-state index is 14.9. The molecule has 2 unspecified atom stereocenters. The average Bonchev–Trinajstić information content (AvgIpc) is 2.92. The number of carbonyl (C=O) groups is 1. The van der Waals surface area contributed by atoms with Crippen molar-refractivity contribution in [3.05, 3.63) is 125 Å². The molecule has 0 N–H and O–H groups in total. The van der Waals surface area contributed by atoms with E-state index in [0.29, 0.717) is 6.42 Å². The van der Waals surface area contributed by atoms with Crippen LogP contribution < -0.4 is 15.9 Å². The molecule has 3 aliphatic carbocycles. The van der Waals surface area contributed by atoms with Crippen molar-refractivity contribution in [2.45, 2.75) is 18.3 Å². The molecule has 2 bridgehead atoms. The molecule has 168 valence electrons. The van der Waals surface area contributed by atoms with Crippen LogP contribution in [0.2, 0.25) is 0 Å². The second kappa shape index (κ2) is 8.11. The number of hydrogen-bond acceptors (Lipinski definition) is 3. The van der Waals surface area contributed by atoms with Crippen LogP contribution in [0.4, 0.5) is 0 Å². The molecule has 0 aromatic heterocycles. The van der Waals surface area contributed by atoms with Crippen LogP contribution in [0.5, 0.6) is 0 Å². The number of ether oxygens (including phenoxy) is 1. The zero-order valence-electron chi connectivity index (χ0n) is 18.9. The molecule has 4 heteroatoms. The number of hydrogen-bond donors (Lipinski definition) is 0. The lowest BCUT2D eigenvalue weighted by Crippen LogP contribution is -2.37. The first-order valence-electron chi connectivity index (χ1n) is 11.6. The third-order valence-corrected chi connectivity index (χ3v) is 10.5. The molecule has 7 rings (SSSR count). The maximum atomic E-state index is 14.9. The fraction of sp³-hybridized carbons (Fsp3) is 0.167. The largest absolute Gasteiger partial charge is 0.469 e.